The summed E-state index contributed by atoms with van der Waals surface area (Å²) in [4.78, 5) is 34.1. The van der Waals surface area contributed by atoms with Crippen molar-refractivity contribution in [3.63, 3.8) is 0 Å². The van der Waals surface area contributed by atoms with Crippen molar-refractivity contribution in [2.24, 2.45) is 13.0 Å². The van der Waals surface area contributed by atoms with E-state index in [9.17, 15) is 9.59 Å². The summed E-state index contributed by atoms with van der Waals surface area (Å²) in [7, 11) is 3.21. The summed E-state index contributed by atoms with van der Waals surface area (Å²) in [6.45, 7) is 9.47. The van der Waals surface area contributed by atoms with Crippen LogP contribution in [0.2, 0.25) is 0 Å². The maximum absolute atomic E-state index is 13.1. The summed E-state index contributed by atoms with van der Waals surface area (Å²) in [6, 6.07) is 9.13. The SMILES string of the molecule is COc1ccnc(C(=O)N[C@@H](C)c2nc(-c3cccc(C(C)C)c3)nn2C)c1OC(=O)C(C)C. The lowest BCUT2D eigenvalue weighted by atomic mass is 10.0. The second-order valence-electron chi connectivity index (χ2n) is 8.66. The molecule has 2 aromatic heterocycles. The molecule has 0 radical (unpaired) electrons. The normalized spacial score (nSPS) is 12.0. The van der Waals surface area contributed by atoms with Gasteiger partial charge in [-0.05, 0) is 24.5 Å². The third kappa shape index (κ3) is 5.41. The van der Waals surface area contributed by atoms with Crippen molar-refractivity contribution >= 4 is 11.9 Å². The van der Waals surface area contributed by atoms with Gasteiger partial charge in [-0.25, -0.2) is 9.97 Å². The molecule has 0 saturated heterocycles. The van der Waals surface area contributed by atoms with Crippen LogP contribution in [-0.4, -0.2) is 38.7 Å². The lowest BCUT2D eigenvalue weighted by Crippen LogP contribution is -2.30. The smallest absolute Gasteiger partial charge is 0.313 e. The highest BCUT2D eigenvalue weighted by atomic mass is 16.6. The molecule has 3 aromatic rings. The number of ether oxygens (including phenoxy) is 2. The van der Waals surface area contributed by atoms with Crippen LogP contribution in [0.25, 0.3) is 11.4 Å². The molecule has 0 aliphatic heterocycles. The standard InChI is InChI=1S/C25H31N5O4/c1-14(2)17-9-8-10-18(13-17)22-28-23(30(6)29-22)16(5)27-24(31)20-21(34-25(32)15(3)4)19(33-7)11-12-26-20/h8-16H,1-7H3,(H,27,31)/t16-/m0/s1. The number of hydrogen-bond acceptors (Lipinski definition) is 7. The third-order valence-electron chi connectivity index (χ3n) is 5.32. The van der Waals surface area contributed by atoms with E-state index in [0.717, 1.165) is 5.56 Å². The second kappa shape index (κ2) is 10.5. The molecule has 9 heteroatoms. The number of nitrogens with zero attached hydrogens (tertiary/aromatic N) is 4. The average Bonchev–Trinajstić information content (AvgIpc) is 3.20. The molecule has 34 heavy (non-hydrogen) atoms. The number of nitrogens with one attached hydrogen (secondary N) is 1. The minimum Gasteiger partial charge on any atom is -0.493 e. The summed E-state index contributed by atoms with van der Waals surface area (Å²) in [5, 5.41) is 7.41. The van der Waals surface area contributed by atoms with Crippen LogP contribution in [-0.2, 0) is 11.8 Å². The Morgan fingerprint density at radius 3 is 2.47 bits per heavy atom. The van der Waals surface area contributed by atoms with Crippen molar-refractivity contribution in [3.05, 3.63) is 53.6 Å². The van der Waals surface area contributed by atoms with Crippen LogP contribution in [0.3, 0.4) is 0 Å². The van der Waals surface area contributed by atoms with Gasteiger partial charge in [0.05, 0.1) is 19.1 Å². The number of aromatic nitrogens is 4. The summed E-state index contributed by atoms with van der Waals surface area (Å²) in [5.74, 6) is 0.361. The zero-order chi connectivity index (χ0) is 25.0. The van der Waals surface area contributed by atoms with Crippen LogP contribution in [0.5, 0.6) is 11.5 Å². The van der Waals surface area contributed by atoms with Gasteiger partial charge in [-0.1, -0.05) is 45.9 Å². The Hall–Kier alpha value is -3.75. The maximum Gasteiger partial charge on any atom is 0.313 e. The van der Waals surface area contributed by atoms with E-state index in [0.29, 0.717) is 17.6 Å². The molecule has 1 amide bonds. The van der Waals surface area contributed by atoms with Crippen LogP contribution in [0, 0.1) is 5.92 Å². The van der Waals surface area contributed by atoms with Crippen LogP contribution in [0.15, 0.2) is 36.5 Å². The molecule has 0 saturated carbocycles. The van der Waals surface area contributed by atoms with Gasteiger partial charge in [-0.15, -0.1) is 0 Å². The molecule has 0 unspecified atom stereocenters. The summed E-state index contributed by atoms with van der Waals surface area (Å²) in [5.41, 5.74) is 2.05. The highest BCUT2D eigenvalue weighted by Gasteiger charge is 2.25. The molecule has 1 aromatic carbocycles. The van der Waals surface area contributed by atoms with Crippen molar-refractivity contribution in [2.45, 2.75) is 46.6 Å². The summed E-state index contributed by atoms with van der Waals surface area (Å²) >= 11 is 0. The van der Waals surface area contributed by atoms with Crippen molar-refractivity contribution in [1.82, 2.24) is 25.1 Å². The molecule has 1 atom stereocenters. The minimum absolute atomic E-state index is 0.0162. The van der Waals surface area contributed by atoms with E-state index in [1.165, 1.54) is 24.9 Å². The van der Waals surface area contributed by atoms with Gasteiger partial charge in [0.15, 0.2) is 17.3 Å². The molecule has 1 N–H and O–H groups in total. The predicted molar refractivity (Wildman–Crippen MR) is 128 cm³/mol. The molecule has 180 valence electrons. The quantitative estimate of drug-likeness (QED) is 0.500. The average molecular weight is 466 g/mol. The van der Waals surface area contributed by atoms with Gasteiger partial charge >= 0.3 is 5.97 Å². The first kappa shape index (κ1) is 24.9. The van der Waals surface area contributed by atoms with Gasteiger partial charge in [0.1, 0.15) is 5.82 Å². The highest BCUT2D eigenvalue weighted by molar-refractivity contribution is 5.97. The Morgan fingerprint density at radius 2 is 1.82 bits per heavy atom. The first-order valence-electron chi connectivity index (χ1n) is 11.2. The third-order valence-corrected chi connectivity index (χ3v) is 5.32. The zero-order valence-electron chi connectivity index (χ0n) is 20.6. The Bertz CT molecular complexity index is 1190. The van der Waals surface area contributed by atoms with Gasteiger partial charge in [0, 0.05) is 24.9 Å². The molecular formula is C25H31N5O4. The van der Waals surface area contributed by atoms with E-state index in [4.69, 9.17) is 9.47 Å². The number of carbonyl (C=O) groups is 2. The molecular weight excluding hydrogens is 434 g/mol. The maximum atomic E-state index is 13.1. The van der Waals surface area contributed by atoms with Gasteiger partial charge in [0.2, 0.25) is 5.75 Å². The van der Waals surface area contributed by atoms with Crippen LogP contribution >= 0.6 is 0 Å². The first-order chi connectivity index (χ1) is 16.1. The van der Waals surface area contributed by atoms with Gasteiger partial charge in [-0.2, -0.15) is 5.10 Å². The van der Waals surface area contributed by atoms with Gasteiger partial charge < -0.3 is 14.8 Å². The summed E-state index contributed by atoms with van der Waals surface area (Å²) in [6.07, 6.45) is 1.42. The molecule has 9 nitrogen and oxygen atoms in total. The molecule has 0 bridgehead atoms. The fraction of sp³-hybridized carbons (Fsp3) is 0.400. The molecule has 0 spiro atoms. The van der Waals surface area contributed by atoms with Crippen molar-refractivity contribution in [2.75, 3.05) is 7.11 Å². The topological polar surface area (TPSA) is 108 Å². The number of hydrogen-bond donors (Lipinski definition) is 1. The second-order valence-corrected chi connectivity index (χ2v) is 8.66. The number of benzene rings is 1. The fourth-order valence-electron chi connectivity index (χ4n) is 3.33. The summed E-state index contributed by atoms with van der Waals surface area (Å²) < 4.78 is 12.4. The van der Waals surface area contributed by atoms with Crippen LogP contribution in [0.4, 0.5) is 0 Å². The number of methoxy groups -OCH3 is 1. The molecule has 0 fully saturated rings. The number of esters is 1. The monoisotopic (exact) mass is 465 g/mol. The fourth-order valence-corrected chi connectivity index (χ4v) is 3.33. The van der Waals surface area contributed by atoms with Gasteiger partial charge in [-0.3, -0.25) is 14.3 Å². The molecule has 0 aliphatic rings. The van der Waals surface area contributed by atoms with E-state index in [-0.39, 0.29) is 23.1 Å². The number of pyridine rings is 1. The number of carbonyl (C=O) groups excluding carboxylic acids is 2. The molecule has 2 heterocycles. The Balaban J connectivity index is 1.86. The Labute approximate surface area is 199 Å². The number of amides is 1. The Kier molecular flexibility index (Phi) is 7.65. The number of aryl methyl sites for hydroxylation is 1. The lowest BCUT2D eigenvalue weighted by Gasteiger charge is -2.16. The van der Waals surface area contributed by atoms with E-state index in [2.05, 4.69) is 46.4 Å². The molecule has 0 aliphatic carbocycles. The van der Waals surface area contributed by atoms with E-state index in [1.807, 2.05) is 12.1 Å². The van der Waals surface area contributed by atoms with Crippen LogP contribution < -0.4 is 14.8 Å². The van der Waals surface area contributed by atoms with Crippen molar-refractivity contribution in [3.8, 4) is 22.9 Å². The zero-order valence-corrected chi connectivity index (χ0v) is 20.6. The van der Waals surface area contributed by atoms with E-state index in [1.54, 1.807) is 32.5 Å². The van der Waals surface area contributed by atoms with Crippen molar-refractivity contribution in [1.29, 1.82) is 0 Å². The molecule has 3 rings (SSSR count). The van der Waals surface area contributed by atoms with E-state index >= 15 is 0 Å². The number of rotatable bonds is 8. The minimum atomic E-state index is -0.524. The van der Waals surface area contributed by atoms with Crippen LogP contribution in [0.1, 0.15) is 68.5 Å². The lowest BCUT2D eigenvalue weighted by molar-refractivity contribution is -0.137. The van der Waals surface area contributed by atoms with E-state index < -0.39 is 17.9 Å². The Morgan fingerprint density at radius 1 is 1.09 bits per heavy atom. The van der Waals surface area contributed by atoms with Crippen molar-refractivity contribution < 1.29 is 19.1 Å². The predicted octanol–water partition coefficient (Wildman–Crippen LogP) is 4.06. The highest BCUT2D eigenvalue weighted by Crippen LogP contribution is 2.31. The van der Waals surface area contributed by atoms with Gasteiger partial charge in [0.25, 0.3) is 5.91 Å². The first-order valence-corrected chi connectivity index (χ1v) is 11.2. The largest absolute Gasteiger partial charge is 0.493 e.